The van der Waals surface area contributed by atoms with Crippen LogP contribution in [0.4, 0.5) is 4.39 Å². The summed E-state index contributed by atoms with van der Waals surface area (Å²) in [4.78, 5) is 16.5. The molecule has 218 valence electrons. The van der Waals surface area contributed by atoms with Crippen molar-refractivity contribution in [2.45, 2.75) is 58.6 Å². The van der Waals surface area contributed by atoms with Gasteiger partial charge in [0.25, 0.3) is 0 Å². The Balaban J connectivity index is 1.64. The fraction of sp³-hybridized carbons (Fsp3) is 0.355. The highest BCUT2D eigenvalue weighted by molar-refractivity contribution is 7.90. The molecule has 2 aromatic carbocycles. The Morgan fingerprint density at radius 2 is 1.93 bits per heavy atom. The van der Waals surface area contributed by atoms with Gasteiger partial charge in [-0.1, -0.05) is 0 Å². The molecule has 1 atom stereocenters. The first-order valence-corrected chi connectivity index (χ1v) is 14.4. The van der Waals surface area contributed by atoms with Crippen molar-refractivity contribution in [1.29, 1.82) is 0 Å². The lowest BCUT2D eigenvalue weighted by atomic mass is 10.0. The number of ether oxygens (including phenoxy) is 3. The molecule has 0 spiro atoms. The van der Waals surface area contributed by atoms with Crippen LogP contribution in [0.2, 0.25) is 0 Å². The Morgan fingerprint density at radius 1 is 1.12 bits per heavy atom. The molecule has 0 radical (unpaired) electrons. The number of furan rings is 1. The standard InChI is InChI=1S/C31H35FN2O6S/c1-6-38-29(35)16-22-13-24(32)7-8-28(22)39-18-20-11-23-15-26(19-37-5)40-30(23)27(12-20)21-9-10-33-25(14-21)17-34-41(36)31(2,3)4/h7-15,34H,6,16-19H2,1-5H3/t41-/m0/s1. The van der Waals surface area contributed by atoms with E-state index in [0.29, 0.717) is 35.8 Å². The van der Waals surface area contributed by atoms with Gasteiger partial charge in [0.1, 0.15) is 40.9 Å². The van der Waals surface area contributed by atoms with E-state index in [0.717, 1.165) is 27.8 Å². The third-order valence-corrected chi connectivity index (χ3v) is 7.66. The SMILES string of the molecule is CCOC(=O)Cc1cc(F)ccc1OCc1cc(-c2ccnc(CN[S@@+]([O-])C(C)(C)C)c2)c2oc(COC)cc2c1. The molecule has 0 aliphatic heterocycles. The summed E-state index contributed by atoms with van der Waals surface area (Å²) in [5.41, 5.74) is 4.37. The third kappa shape index (κ3) is 8.07. The smallest absolute Gasteiger partial charge is 0.310 e. The van der Waals surface area contributed by atoms with Crippen LogP contribution in [0.3, 0.4) is 0 Å². The number of aromatic nitrogens is 1. The minimum Gasteiger partial charge on any atom is -0.598 e. The Kier molecular flexibility index (Phi) is 10.0. The summed E-state index contributed by atoms with van der Waals surface area (Å²) < 4.78 is 51.6. The minimum atomic E-state index is -1.24. The topological polar surface area (TPSA) is 106 Å². The molecule has 2 heterocycles. The maximum absolute atomic E-state index is 14.0. The van der Waals surface area contributed by atoms with Gasteiger partial charge >= 0.3 is 5.97 Å². The summed E-state index contributed by atoms with van der Waals surface area (Å²) in [6.07, 6.45) is 1.61. The summed E-state index contributed by atoms with van der Waals surface area (Å²) >= 11 is -1.24. The van der Waals surface area contributed by atoms with E-state index >= 15 is 0 Å². The number of methoxy groups -OCH3 is 1. The molecule has 0 bridgehead atoms. The molecule has 0 saturated heterocycles. The quantitative estimate of drug-likeness (QED) is 0.160. The van der Waals surface area contributed by atoms with E-state index in [1.165, 1.54) is 18.2 Å². The lowest BCUT2D eigenvalue weighted by Crippen LogP contribution is -2.39. The fourth-order valence-corrected chi connectivity index (χ4v) is 4.95. The average molecular weight is 583 g/mol. The lowest BCUT2D eigenvalue weighted by Gasteiger charge is -2.23. The van der Waals surface area contributed by atoms with Crippen molar-refractivity contribution in [1.82, 2.24) is 9.71 Å². The van der Waals surface area contributed by atoms with Crippen molar-refractivity contribution in [3.8, 4) is 16.9 Å². The summed E-state index contributed by atoms with van der Waals surface area (Å²) in [5, 5.41) is 0.865. The van der Waals surface area contributed by atoms with E-state index in [-0.39, 0.29) is 19.6 Å². The number of rotatable bonds is 12. The molecule has 2 aromatic heterocycles. The second kappa shape index (κ2) is 13.5. The molecule has 0 fully saturated rings. The van der Waals surface area contributed by atoms with Crippen LogP contribution in [0.15, 0.2) is 59.1 Å². The van der Waals surface area contributed by atoms with Gasteiger partial charge in [0, 0.05) is 41.2 Å². The molecule has 0 aliphatic rings. The third-order valence-electron chi connectivity index (χ3n) is 6.14. The predicted octanol–water partition coefficient (Wildman–Crippen LogP) is 6.02. The van der Waals surface area contributed by atoms with E-state index in [1.807, 2.05) is 51.1 Å². The fourth-order valence-electron chi connectivity index (χ4n) is 4.23. The molecular formula is C31H35FN2O6S. The number of carbonyl (C=O) groups is 1. The Hall–Kier alpha value is -3.44. The van der Waals surface area contributed by atoms with Gasteiger partial charge in [0.2, 0.25) is 0 Å². The van der Waals surface area contributed by atoms with Crippen LogP contribution >= 0.6 is 0 Å². The maximum atomic E-state index is 14.0. The first kappa shape index (κ1) is 30.5. The van der Waals surface area contributed by atoms with Gasteiger partial charge in [-0.15, -0.1) is 4.72 Å². The number of halogens is 1. The van der Waals surface area contributed by atoms with Crippen LogP contribution < -0.4 is 9.46 Å². The zero-order valence-corrected chi connectivity index (χ0v) is 24.7. The highest BCUT2D eigenvalue weighted by atomic mass is 32.2. The first-order valence-electron chi connectivity index (χ1n) is 13.3. The van der Waals surface area contributed by atoms with Crippen LogP contribution in [0.1, 0.15) is 50.3 Å². The Labute approximate surface area is 242 Å². The number of esters is 1. The van der Waals surface area contributed by atoms with Crippen LogP contribution in [-0.4, -0.2) is 34.0 Å². The molecule has 41 heavy (non-hydrogen) atoms. The number of benzene rings is 2. The van der Waals surface area contributed by atoms with E-state index in [2.05, 4.69) is 9.71 Å². The first-order chi connectivity index (χ1) is 19.6. The molecule has 4 rings (SSSR count). The summed E-state index contributed by atoms with van der Waals surface area (Å²) in [6.45, 7) is 8.50. The molecule has 0 amide bonds. The minimum absolute atomic E-state index is 0.0961. The molecule has 4 aromatic rings. The van der Waals surface area contributed by atoms with Crippen LogP contribution in [0.25, 0.3) is 22.1 Å². The second-order valence-corrected chi connectivity index (χ2v) is 12.5. The van der Waals surface area contributed by atoms with Gasteiger partial charge < -0.3 is 23.2 Å². The normalized spacial score (nSPS) is 12.5. The van der Waals surface area contributed by atoms with Crippen molar-refractivity contribution < 1.29 is 32.4 Å². The number of hydrogen-bond donors (Lipinski definition) is 1. The van der Waals surface area contributed by atoms with Gasteiger partial charge in [-0.3, -0.25) is 9.78 Å². The Morgan fingerprint density at radius 3 is 2.66 bits per heavy atom. The number of nitrogens with zero attached hydrogens (tertiary/aromatic N) is 1. The number of pyridine rings is 1. The van der Waals surface area contributed by atoms with Gasteiger partial charge in [-0.25, -0.2) is 4.39 Å². The highest BCUT2D eigenvalue weighted by Crippen LogP contribution is 2.34. The van der Waals surface area contributed by atoms with Crippen LogP contribution in [0, 0.1) is 5.82 Å². The lowest BCUT2D eigenvalue weighted by molar-refractivity contribution is -0.142. The van der Waals surface area contributed by atoms with E-state index in [9.17, 15) is 13.7 Å². The van der Waals surface area contributed by atoms with Gasteiger partial charge in [-0.2, -0.15) is 0 Å². The number of fused-ring (bicyclic) bond motifs is 1. The predicted molar refractivity (Wildman–Crippen MR) is 156 cm³/mol. The monoisotopic (exact) mass is 582 g/mol. The van der Waals surface area contributed by atoms with Crippen molar-refractivity contribution >= 4 is 28.3 Å². The number of nitrogens with one attached hydrogen (secondary N) is 1. The Bertz CT molecular complexity index is 1500. The van der Waals surface area contributed by atoms with Gasteiger partial charge in [-0.05, 0) is 87.4 Å². The molecule has 8 nitrogen and oxygen atoms in total. The highest BCUT2D eigenvalue weighted by Gasteiger charge is 2.26. The van der Waals surface area contributed by atoms with E-state index in [1.54, 1.807) is 20.2 Å². The largest absolute Gasteiger partial charge is 0.598 e. The zero-order chi connectivity index (χ0) is 29.6. The maximum Gasteiger partial charge on any atom is 0.310 e. The van der Waals surface area contributed by atoms with Crippen LogP contribution in [-0.2, 0) is 51.8 Å². The van der Waals surface area contributed by atoms with Crippen LogP contribution in [0.5, 0.6) is 5.75 Å². The van der Waals surface area contributed by atoms with Crippen molar-refractivity contribution in [2.24, 2.45) is 0 Å². The summed E-state index contributed by atoms with van der Waals surface area (Å²) in [6, 6.07) is 13.8. The average Bonchev–Trinajstić information content (AvgIpc) is 3.33. The van der Waals surface area contributed by atoms with Crippen molar-refractivity contribution in [3.05, 3.63) is 83.1 Å². The van der Waals surface area contributed by atoms with Gasteiger partial charge in [0.15, 0.2) is 0 Å². The van der Waals surface area contributed by atoms with E-state index in [4.69, 9.17) is 18.6 Å². The molecule has 1 N–H and O–H groups in total. The zero-order valence-electron chi connectivity index (χ0n) is 23.9. The number of hydrogen-bond acceptors (Lipinski definition) is 8. The van der Waals surface area contributed by atoms with Gasteiger partial charge in [0.05, 0.1) is 25.3 Å². The molecule has 0 aliphatic carbocycles. The molecule has 0 unspecified atom stereocenters. The van der Waals surface area contributed by atoms with Crippen molar-refractivity contribution in [3.63, 3.8) is 0 Å². The molecular weight excluding hydrogens is 547 g/mol. The summed E-state index contributed by atoms with van der Waals surface area (Å²) in [7, 11) is 1.60. The van der Waals surface area contributed by atoms with E-state index < -0.39 is 27.9 Å². The molecule has 10 heteroatoms. The number of carbonyl (C=O) groups excluding carboxylic acids is 1. The second-order valence-electron chi connectivity index (χ2n) is 10.5. The summed E-state index contributed by atoms with van der Waals surface area (Å²) in [5.74, 6) is 0.162. The molecule has 0 saturated carbocycles. The van der Waals surface area contributed by atoms with Crippen molar-refractivity contribution in [2.75, 3.05) is 13.7 Å².